The smallest absolute Gasteiger partial charge is 0.338 e. The van der Waals surface area contributed by atoms with Gasteiger partial charge in [0.15, 0.2) is 0 Å². The number of esters is 1. The van der Waals surface area contributed by atoms with E-state index >= 15 is 0 Å². The summed E-state index contributed by atoms with van der Waals surface area (Å²) in [6, 6.07) is 3.98. The van der Waals surface area contributed by atoms with E-state index in [4.69, 9.17) is 27.9 Å². The lowest BCUT2D eigenvalue weighted by Crippen LogP contribution is -2.56. The van der Waals surface area contributed by atoms with Gasteiger partial charge in [-0.15, -0.1) is 0 Å². The van der Waals surface area contributed by atoms with E-state index in [2.05, 4.69) is 10.2 Å². The van der Waals surface area contributed by atoms with Crippen molar-refractivity contribution in [2.45, 2.75) is 46.2 Å². The van der Waals surface area contributed by atoms with E-state index in [1.54, 1.807) is 32.2 Å². The van der Waals surface area contributed by atoms with Crippen molar-refractivity contribution in [2.24, 2.45) is 5.92 Å². The molecule has 2 unspecified atom stereocenters. The number of halogens is 2. The molecule has 192 valence electrons. The first kappa shape index (κ1) is 27.3. The zero-order valence-electron chi connectivity index (χ0n) is 20.9. The Hall–Kier alpha value is -2.29. The molecule has 1 aromatic rings. The number of carbonyl (C=O) groups is 3. The van der Waals surface area contributed by atoms with Crippen LogP contribution in [0.3, 0.4) is 0 Å². The first-order valence-corrected chi connectivity index (χ1v) is 12.7. The maximum atomic E-state index is 13.2. The highest BCUT2D eigenvalue weighted by Gasteiger charge is 2.39. The Morgan fingerprint density at radius 2 is 1.94 bits per heavy atom. The van der Waals surface area contributed by atoms with E-state index in [1.165, 1.54) is 4.90 Å². The molecule has 3 rings (SSSR count). The van der Waals surface area contributed by atoms with Gasteiger partial charge in [0, 0.05) is 51.4 Å². The highest BCUT2D eigenvalue weighted by atomic mass is 35.5. The van der Waals surface area contributed by atoms with Gasteiger partial charge in [0.2, 0.25) is 5.91 Å². The standard InChI is InChI=1S/C25H34Cl2N4O4/c1-6-35-24(33)21-19(14-30-10-11-31(16(4)13-30)20(32)12-15(2)3)29(5)25(34)28-23(21)17-8-7-9-18(26)22(17)27/h7-9,15-16,23H,6,10-14H2,1-5H3,(H,28,34). The Kier molecular flexibility index (Phi) is 9.07. The maximum Gasteiger partial charge on any atom is 0.338 e. The highest BCUT2D eigenvalue weighted by Crippen LogP contribution is 2.37. The fourth-order valence-electron chi connectivity index (χ4n) is 4.60. The SMILES string of the molecule is CCOC(=O)C1=C(CN2CCN(C(=O)CC(C)C)C(C)C2)N(C)C(=O)NC1c1cccc(Cl)c1Cl. The van der Waals surface area contributed by atoms with Gasteiger partial charge < -0.3 is 15.0 Å². The Morgan fingerprint density at radius 3 is 2.57 bits per heavy atom. The van der Waals surface area contributed by atoms with Crippen LogP contribution in [-0.4, -0.2) is 78.5 Å². The number of piperazine rings is 1. The molecule has 1 saturated heterocycles. The van der Waals surface area contributed by atoms with Gasteiger partial charge in [-0.3, -0.25) is 14.6 Å². The molecule has 0 bridgehead atoms. The molecule has 35 heavy (non-hydrogen) atoms. The number of nitrogens with one attached hydrogen (secondary N) is 1. The van der Waals surface area contributed by atoms with E-state index in [0.29, 0.717) is 60.4 Å². The Morgan fingerprint density at radius 1 is 1.23 bits per heavy atom. The van der Waals surface area contributed by atoms with Crippen molar-refractivity contribution in [2.75, 3.05) is 39.8 Å². The second-order valence-corrected chi connectivity index (χ2v) is 10.2. The number of urea groups is 1. The summed E-state index contributed by atoms with van der Waals surface area (Å²) in [5.74, 6) is -0.0627. The first-order chi connectivity index (χ1) is 16.5. The summed E-state index contributed by atoms with van der Waals surface area (Å²) in [7, 11) is 1.63. The molecule has 0 aromatic heterocycles. The van der Waals surface area contributed by atoms with Crippen LogP contribution in [-0.2, 0) is 14.3 Å². The molecule has 1 aromatic carbocycles. The molecule has 0 radical (unpaired) electrons. The zero-order chi connectivity index (χ0) is 25.9. The molecule has 2 heterocycles. The lowest BCUT2D eigenvalue weighted by atomic mass is 9.94. The monoisotopic (exact) mass is 524 g/mol. The number of likely N-dealkylation sites (N-methyl/N-ethyl adjacent to an activating group) is 1. The summed E-state index contributed by atoms with van der Waals surface area (Å²) in [6.07, 6.45) is 0.521. The minimum atomic E-state index is -0.801. The van der Waals surface area contributed by atoms with Crippen molar-refractivity contribution < 1.29 is 19.1 Å². The molecule has 0 saturated carbocycles. The van der Waals surface area contributed by atoms with Crippen LogP contribution in [0.5, 0.6) is 0 Å². The third-order valence-corrected chi connectivity index (χ3v) is 7.19. The average molecular weight is 525 g/mol. The number of hydrogen-bond acceptors (Lipinski definition) is 5. The number of carbonyl (C=O) groups excluding carboxylic acids is 3. The predicted molar refractivity (Wildman–Crippen MR) is 136 cm³/mol. The molecule has 8 nitrogen and oxygen atoms in total. The maximum absolute atomic E-state index is 13.2. The Balaban J connectivity index is 1.94. The molecule has 2 atom stereocenters. The lowest BCUT2D eigenvalue weighted by Gasteiger charge is -2.42. The van der Waals surface area contributed by atoms with Crippen LogP contribution in [0.1, 0.15) is 45.7 Å². The summed E-state index contributed by atoms with van der Waals surface area (Å²) < 4.78 is 5.39. The van der Waals surface area contributed by atoms with Gasteiger partial charge in [-0.1, -0.05) is 49.2 Å². The minimum absolute atomic E-state index is 0.0162. The predicted octanol–water partition coefficient (Wildman–Crippen LogP) is 4.09. The summed E-state index contributed by atoms with van der Waals surface area (Å²) in [6.45, 7) is 10.2. The van der Waals surface area contributed by atoms with Crippen LogP contribution < -0.4 is 5.32 Å². The first-order valence-electron chi connectivity index (χ1n) is 11.9. The highest BCUT2D eigenvalue weighted by molar-refractivity contribution is 6.42. The van der Waals surface area contributed by atoms with Crippen LogP contribution in [0.15, 0.2) is 29.5 Å². The molecule has 1 N–H and O–H groups in total. The molecule has 0 aliphatic carbocycles. The molecular formula is C25H34Cl2N4O4. The van der Waals surface area contributed by atoms with Gasteiger partial charge in [0.05, 0.1) is 28.3 Å². The van der Waals surface area contributed by atoms with E-state index in [9.17, 15) is 14.4 Å². The Labute approximate surface area is 217 Å². The third kappa shape index (κ3) is 6.11. The molecule has 3 amide bonds. The zero-order valence-corrected chi connectivity index (χ0v) is 22.4. The van der Waals surface area contributed by atoms with Gasteiger partial charge in [0.1, 0.15) is 0 Å². The summed E-state index contributed by atoms with van der Waals surface area (Å²) in [5.41, 5.74) is 1.39. The summed E-state index contributed by atoms with van der Waals surface area (Å²) in [5, 5.41) is 3.48. The van der Waals surface area contributed by atoms with Gasteiger partial charge in [-0.25, -0.2) is 9.59 Å². The molecule has 10 heteroatoms. The van der Waals surface area contributed by atoms with Crippen molar-refractivity contribution in [3.8, 4) is 0 Å². The fourth-order valence-corrected chi connectivity index (χ4v) is 5.02. The minimum Gasteiger partial charge on any atom is -0.463 e. The number of benzene rings is 1. The van der Waals surface area contributed by atoms with Crippen molar-refractivity contribution >= 4 is 41.1 Å². The van der Waals surface area contributed by atoms with Crippen molar-refractivity contribution in [1.82, 2.24) is 20.0 Å². The molecule has 0 spiro atoms. The number of hydrogen-bond donors (Lipinski definition) is 1. The van der Waals surface area contributed by atoms with Crippen molar-refractivity contribution in [1.29, 1.82) is 0 Å². The number of amides is 3. The molecule has 2 aliphatic heterocycles. The van der Waals surface area contributed by atoms with Gasteiger partial charge in [-0.2, -0.15) is 0 Å². The molecule has 2 aliphatic rings. The van der Waals surface area contributed by atoms with E-state index < -0.39 is 12.0 Å². The second-order valence-electron chi connectivity index (χ2n) is 9.43. The van der Waals surface area contributed by atoms with E-state index in [-0.39, 0.29) is 29.6 Å². The van der Waals surface area contributed by atoms with Crippen LogP contribution in [0.4, 0.5) is 4.79 Å². The molecule has 1 fully saturated rings. The topological polar surface area (TPSA) is 82.2 Å². The fraction of sp³-hybridized carbons (Fsp3) is 0.560. The van der Waals surface area contributed by atoms with Gasteiger partial charge >= 0.3 is 12.0 Å². The van der Waals surface area contributed by atoms with E-state index in [0.717, 1.165) is 0 Å². The van der Waals surface area contributed by atoms with Crippen molar-refractivity contribution in [3.05, 3.63) is 45.1 Å². The third-order valence-electron chi connectivity index (χ3n) is 6.35. The van der Waals surface area contributed by atoms with Crippen LogP contribution >= 0.6 is 23.2 Å². The summed E-state index contributed by atoms with van der Waals surface area (Å²) in [4.78, 5) is 44.3. The molecular weight excluding hydrogens is 491 g/mol. The number of rotatable bonds is 7. The van der Waals surface area contributed by atoms with Gasteiger partial charge in [-0.05, 0) is 31.4 Å². The lowest BCUT2D eigenvalue weighted by molar-refractivity contribution is -0.139. The number of nitrogens with zero attached hydrogens (tertiary/aromatic N) is 3. The average Bonchev–Trinajstić information content (AvgIpc) is 2.78. The van der Waals surface area contributed by atoms with Crippen LogP contribution in [0, 0.1) is 5.92 Å². The summed E-state index contributed by atoms with van der Waals surface area (Å²) >= 11 is 12.7. The number of ether oxygens (including phenoxy) is 1. The van der Waals surface area contributed by atoms with Crippen LogP contribution in [0.2, 0.25) is 10.0 Å². The van der Waals surface area contributed by atoms with E-state index in [1.807, 2.05) is 25.7 Å². The second kappa shape index (κ2) is 11.6. The quantitative estimate of drug-likeness (QED) is 0.543. The normalized spacial score (nSPS) is 21.4. The Bertz CT molecular complexity index is 1010. The van der Waals surface area contributed by atoms with Crippen molar-refractivity contribution in [3.63, 3.8) is 0 Å². The van der Waals surface area contributed by atoms with Gasteiger partial charge in [0.25, 0.3) is 0 Å². The van der Waals surface area contributed by atoms with Crippen LogP contribution in [0.25, 0.3) is 0 Å². The largest absolute Gasteiger partial charge is 0.463 e.